The Bertz CT molecular complexity index is 603. The molecule has 0 saturated heterocycles. The fraction of sp³-hybridized carbons (Fsp3) is 0.308. The van der Waals surface area contributed by atoms with Gasteiger partial charge in [-0.3, -0.25) is 14.9 Å². The number of nitrogens with zero attached hydrogens (tertiary/aromatic N) is 2. The van der Waals surface area contributed by atoms with Crippen LogP contribution in [0.15, 0.2) is 18.3 Å². The molecule has 6 heteroatoms. The molecule has 0 fully saturated rings. The number of aromatic amines is 1. The van der Waals surface area contributed by atoms with Gasteiger partial charge in [0.25, 0.3) is 5.91 Å². The van der Waals surface area contributed by atoms with Crippen LogP contribution in [0.25, 0.3) is 0 Å². The first kappa shape index (κ1) is 13.1. The highest BCUT2D eigenvalue weighted by Gasteiger charge is 2.13. The third-order valence-corrected chi connectivity index (χ3v) is 2.81. The Morgan fingerprint density at radius 1 is 1.42 bits per heavy atom. The fourth-order valence-electron chi connectivity index (χ4n) is 1.66. The Morgan fingerprint density at radius 3 is 2.79 bits per heavy atom. The van der Waals surface area contributed by atoms with Crippen LogP contribution in [-0.2, 0) is 0 Å². The molecule has 19 heavy (non-hydrogen) atoms. The number of H-pyrrole nitrogens is 1. The van der Waals surface area contributed by atoms with Crippen molar-refractivity contribution >= 4 is 17.4 Å². The lowest BCUT2D eigenvalue weighted by Crippen LogP contribution is -2.14. The summed E-state index contributed by atoms with van der Waals surface area (Å²) in [5.74, 6) is 0.559. The van der Waals surface area contributed by atoms with Crippen molar-refractivity contribution in [3.63, 3.8) is 0 Å². The summed E-state index contributed by atoms with van der Waals surface area (Å²) >= 11 is 0. The number of rotatable bonds is 3. The van der Waals surface area contributed by atoms with Crippen molar-refractivity contribution in [2.45, 2.75) is 26.7 Å². The number of pyridine rings is 1. The number of anilines is 2. The number of aromatic nitrogens is 3. The first-order valence-corrected chi connectivity index (χ1v) is 6.06. The number of aryl methyl sites for hydroxylation is 1. The number of nitrogen functional groups attached to an aromatic ring is 1. The second-order valence-electron chi connectivity index (χ2n) is 4.72. The Balaban J connectivity index is 2.18. The molecule has 0 aliphatic heterocycles. The van der Waals surface area contributed by atoms with Crippen molar-refractivity contribution in [3.05, 3.63) is 35.3 Å². The average molecular weight is 259 g/mol. The molecule has 2 heterocycles. The van der Waals surface area contributed by atoms with E-state index >= 15 is 0 Å². The molecule has 1 amide bonds. The second-order valence-corrected chi connectivity index (χ2v) is 4.72. The van der Waals surface area contributed by atoms with Gasteiger partial charge in [-0.25, -0.2) is 0 Å². The molecule has 100 valence electrons. The number of hydrogen-bond donors (Lipinski definition) is 3. The van der Waals surface area contributed by atoms with Crippen molar-refractivity contribution in [1.29, 1.82) is 0 Å². The summed E-state index contributed by atoms with van der Waals surface area (Å²) in [5, 5.41) is 9.65. The van der Waals surface area contributed by atoms with E-state index in [-0.39, 0.29) is 5.91 Å². The summed E-state index contributed by atoms with van der Waals surface area (Å²) < 4.78 is 0. The van der Waals surface area contributed by atoms with E-state index in [0.717, 1.165) is 5.69 Å². The molecule has 0 aliphatic carbocycles. The molecule has 0 bridgehead atoms. The van der Waals surface area contributed by atoms with Crippen LogP contribution in [0.4, 0.5) is 11.5 Å². The second kappa shape index (κ2) is 5.09. The maximum Gasteiger partial charge on any atom is 0.258 e. The van der Waals surface area contributed by atoms with Crippen LogP contribution in [-0.4, -0.2) is 21.1 Å². The van der Waals surface area contributed by atoms with Gasteiger partial charge in [-0.1, -0.05) is 13.8 Å². The van der Waals surface area contributed by atoms with E-state index < -0.39 is 0 Å². The SMILES string of the molecule is Cc1ncc(N)cc1C(=O)Nc1cc(C(C)C)[nH]n1. The summed E-state index contributed by atoms with van der Waals surface area (Å²) in [6.45, 7) is 5.86. The summed E-state index contributed by atoms with van der Waals surface area (Å²) in [7, 11) is 0. The van der Waals surface area contributed by atoms with E-state index in [1.165, 1.54) is 6.20 Å². The van der Waals surface area contributed by atoms with Crippen molar-refractivity contribution in [2.75, 3.05) is 11.1 Å². The van der Waals surface area contributed by atoms with E-state index in [2.05, 4.69) is 20.5 Å². The molecule has 0 aromatic carbocycles. The fourth-order valence-corrected chi connectivity index (χ4v) is 1.66. The first-order valence-electron chi connectivity index (χ1n) is 6.06. The van der Waals surface area contributed by atoms with Gasteiger partial charge in [0, 0.05) is 11.8 Å². The average Bonchev–Trinajstić information content (AvgIpc) is 2.80. The third kappa shape index (κ3) is 2.90. The Morgan fingerprint density at radius 2 is 2.16 bits per heavy atom. The highest BCUT2D eigenvalue weighted by molar-refractivity contribution is 6.04. The van der Waals surface area contributed by atoms with Crippen LogP contribution in [0, 0.1) is 6.92 Å². The van der Waals surface area contributed by atoms with E-state index in [9.17, 15) is 4.79 Å². The molecule has 6 nitrogen and oxygen atoms in total. The van der Waals surface area contributed by atoms with Crippen LogP contribution >= 0.6 is 0 Å². The maximum atomic E-state index is 12.1. The minimum Gasteiger partial charge on any atom is -0.397 e. The van der Waals surface area contributed by atoms with Gasteiger partial charge in [0.2, 0.25) is 0 Å². The molecule has 0 atom stereocenters. The number of amides is 1. The Labute approximate surface area is 111 Å². The van der Waals surface area contributed by atoms with Gasteiger partial charge in [-0.15, -0.1) is 0 Å². The summed E-state index contributed by atoms with van der Waals surface area (Å²) in [6, 6.07) is 3.42. The molecule has 2 aromatic rings. The van der Waals surface area contributed by atoms with E-state index in [1.54, 1.807) is 13.0 Å². The maximum absolute atomic E-state index is 12.1. The minimum absolute atomic E-state index is 0.265. The van der Waals surface area contributed by atoms with Crippen LogP contribution < -0.4 is 11.1 Å². The predicted octanol–water partition coefficient (Wildman–Crippen LogP) is 2.07. The van der Waals surface area contributed by atoms with Crippen molar-refractivity contribution in [2.24, 2.45) is 0 Å². The Hall–Kier alpha value is -2.37. The van der Waals surface area contributed by atoms with Crippen LogP contribution in [0.2, 0.25) is 0 Å². The zero-order valence-electron chi connectivity index (χ0n) is 11.2. The van der Waals surface area contributed by atoms with Gasteiger partial charge in [-0.2, -0.15) is 5.10 Å². The predicted molar refractivity (Wildman–Crippen MR) is 74.0 cm³/mol. The number of hydrogen-bond acceptors (Lipinski definition) is 4. The van der Waals surface area contributed by atoms with Crippen molar-refractivity contribution in [1.82, 2.24) is 15.2 Å². The molecular formula is C13H17N5O. The largest absolute Gasteiger partial charge is 0.397 e. The molecule has 0 radical (unpaired) electrons. The lowest BCUT2D eigenvalue weighted by Gasteiger charge is -2.05. The molecule has 2 rings (SSSR count). The number of nitrogens with two attached hydrogens (primary N) is 1. The highest BCUT2D eigenvalue weighted by atomic mass is 16.1. The standard InChI is InChI=1S/C13H17N5O/c1-7(2)11-5-12(18-17-11)16-13(19)10-4-9(14)6-15-8(10)3/h4-7H,14H2,1-3H3,(H2,16,17,18,19). The lowest BCUT2D eigenvalue weighted by molar-refractivity contribution is 0.102. The minimum atomic E-state index is -0.265. The number of nitrogens with one attached hydrogen (secondary N) is 2. The van der Waals surface area contributed by atoms with E-state index in [1.807, 2.05) is 19.9 Å². The van der Waals surface area contributed by atoms with Gasteiger partial charge in [0.1, 0.15) is 0 Å². The molecule has 0 unspecified atom stereocenters. The van der Waals surface area contributed by atoms with Gasteiger partial charge >= 0.3 is 0 Å². The lowest BCUT2D eigenvalue weighted by atomic mass is 10.1. The van der Waals surface area contributed by atoms with Gasteiger partial charge in [-0.05, 0) is 18.9 Å². The van der Waals surface area contributed by atoms with E-state index in [0.29, 0.717) is 28.7 Å². The number of carbonyl (C=O) groups excluding carboxylic acids is 1. The Kier molecular flexibility index (Phi) is 3.50. The molecule has 2 aromatic heterocycles. The molecule has 0 saturated carbocycles. The molecule has 0 spiro atoms. The van der Waals surface area contributed by atoms with Gasteiger partial charge < -0.3 is 11.1 Å². The van der Waals surface area contributed by atoms with Crippen LogP contribution in [0.3, 0.4) is 0 Å². The number of carbonyl (C=O) groups is 1. The summed E-state index contributed by atoms with van der Waals surface area (Å²) in [6.07, 6.45) is 1.53. The first-order chi connectivity index (χ1) is 8.97. The monoisotopic (exact) mass is 259 g/mol. The van der Waals surface area contributed by atoms with Crippen molar-refractivity contribution < 1.29 is 4.79 Å². The molecular weight excluding hydrogens is 242 g/mol. The topological polar surface area (TPSA) is 96.7 Å². The molecule has 4 N–H and O–H groups in total. The van der Waals surface area contributed by atoms with Gasteiger partial charge in [0.15, 0.2) is 5.82 Å². The molecule has 0 aliphatic rings. The van der Waals surface area contributed by atoms with Gasteiger partial charge in [0.05, 0.1) is 23.1 Å². The zero-order valence-corrected chi connectivity index (χ0v) is 11.2. The smallest absolute Gasteiger partial charge is 0.258 e. The quantitative estimate of drug-likeness (QED) is 0.786. The normalized spacial score (nSPS) is 10.7. The van der Waals surface area contributed by atoms with Crippen LogP contribution in [0.5, 0.6) is 0 Å². The van der Waals surface area contributed by atoms with E-state index in [4.69, 9.17) is 5.73 Å². The van der Waals surface area contributed by atoms with Crippen LogP contribution in [0.1, 0.15) is 41.5 Å². The third-order valence-electron chi connectivity index (χ3n) is 2.81. The summed E-state index contributed by atoms with van der Waals surface area (Å²) in [5.41, 5.74) is 8.15. The van der Waals surface area contributed by atoms with Crippen molar-refractivity contribution in [3.8, 4) is 0 Å². The highest BCUT2D eigenvalue weighted by Crippen LogP contribution is 2.16. The summed E-state index contributed by atoms with van der Waals surface area (Å²) in [4.78, 5) is 16.2. The zero-order chi connectivity index (χ0) is 14.0.